The van der Waals surface area contributed by atoms with E-state index < -0.39 is 17.7 Å². The highest BCUT2D eigenvalue weighted by molar-refractivity contribution is 9.10. The quantitative estimate of drug-likeness (QED) is 0.298. The number of aryl methyl sites for hydroxylation is 1. The number of carbonyl (C=O) groups excluding carboxylic acids is 2. The van der Waals surface area contributed by atoms with E-state index in [1.165, 1.54) is 4.90 Å². The first-order valence-corrected chi connectivity index (χ1v) is 10.8. The maximum Gasteiger partial charge on any atom is 0.301 e. The molecule has 1 unspecified atom stereocenters. The van der Waals surface area contributed by atoms with Gasteiger partial charge in [-0.25, -0.2) is 0 Å². The molecule has 0 bridgehead atoms. The molecule has 1 aliphatic heterocycles. The molecule has 164 valence electrons. The van der Waals surface area contributed by atoms with Gasteiger partial charge in [-0.3, -0.25) is 14.5 Å². The molecule has 4 rings (SSSR count). The Balaban J connectivity index is 1.85. The Kier molecular flexibility index (Phi) is 5.88. The van der Waals surface area contributed by atoms with Gasteiger partial charge in [-0.1, -0.05) is 33.2 Å². The maximum atomic E-state index is 13.1. The second-order valence-corrected chi connectivity index (χ2v) is 8.62. The first-order chi connectivity index (χ1) is 15.3. The van der Waals surface area contributed by atoms with Crippen LogP contribution in [-0.4, -0.2) is 28.1 Å². The van der Waals surface area contributed by atoms with Gasteiger partial charge < -0.3 is 14.4 Å². The number of aromatic nitrogens is 1. The summed E-state index contributed by atoms with van der Waals surface area (Å²) in [5, 5.41) is 15.1. The molecule has 1 amide bonds. The number of benzene rings is 2. The molecule has 0 spiro atoms. The molecule has 0 saturated carbocycles. The van der Waals surface area contributed by atoms with Crippen molar-refractivity contribution in [3.63, 3.8) is 0 Å². The molecule has 32 heavy (non-hydrogen) atoms. The zero-order valence-corrected chi connectivity index (χ0v) is 19.3. The lowest BCUT2D eigenvalue weighted by Crippen LogP contribution is -2.29. The number of rotatable bonds is 5. The van der Waals surface area contributed by atoms with Crippen molar-refractivity contribution in [3.8, 4) is 5.75 Å². The van der Waals surface area contributed by atoms with Crippen LogP contribution in [0.2, 0.25) is 0 Å². The zero-order valence-electron chi connectivity index (χ0n) is 17.7. The van der Waals surface area contributed by atoms with E-state index in [2.05, 4.69) is 21.1 Å². The van der Waals surface area contributed by atoms with Gasteiger partial charge in [0, 0.05) is 16.1 Å². The summed E-state index contributed by atoms with van der Waals surface area (Å²) in [6.45, 7) is 5.53. The lowest BCUT2D eigenvalue weighted by atomic mass is 9.95. The molecule has 0 aliphatic carbocycles. The summed E-state index contributed by atoms with van der Waals surface area (Å²) in [5.41, 5.74) is 1.03. The summed E-state index contributed by atoms with van der Waals surface area (Å²) < 4.78 is 11.6. The van der Waals surface area contributed by atoms with Crippen molar-refractivity contribution in [1.82, 2.24) is 5.16 Å². The molecule has 1 fully saturated rings. The Morgan fingerprint density at radius 1 is 1.12 bits per heavy atom. The van der Waals surface area contributed by atoms with Crippen molar-refractivity contribution in [2.24, 2.45) is 0 Å². The average Bonchev–Trinajstić information content (AvgIpc) is 3.29. The average molecular weight is 497 g/mol. The van der Waals surface area contributed by atoms with Crippen LogP contribution in [0.15, 0.2) is 69.2 Å². The van der Waals surface area contributed by atoms with Crippen LogP contribution in [0.4, 0.5) is 5.82 Å². The van der Waals surface area contributed by atoms with E-state index in [4.69, 9.17) is 9.26 Å². The van der Waals surface area contributed by atoms with Gasteiger partial charge in [-0.2, -0.15) is 0 Å². The molecular weight excluding hydrogens is 476 g/mol. The fourth-order valence-electron chi connectivity index (χ4n) is 3.62. The molecule has 1 N–H and O–H groups in total. The molecule has 3 aromatic rings. The summed E-state index contributed by atoms with van der Waals surface area (Å²) in [6, 6.07) is 14.6. The predicted octanol–water partition coefficient (Wildman–Crippen LogP) is 5.16. The fourth-order valence-corrected chi connectivity index (χ4v) is 3.88. The normalized spacial score (nSPS) is 17.9. The Labute approximate surface area is 193 Å². The number of aliphatic hydroxyl groups is 1. The van der Waals surface area contributed by atoms with Gasteiger partial charge in [0.25, 0.3) is 5.78 Å². The Morgan fingerprint density at radius 3 is 2.34 bits per heavy atom. The maximum absolute atomic E-state index is 13.1. The topological polar surface area (TPSA) is 92.9 Å². The van der Waals surface area contributed by atoms with Crippen LogP contribution in [-0.2, 0) is 9.59 Å². The molecule has 8 heteroatoms. The number of hydrogen-bond donors (Lipinski definition) is 1. The van der Waals surface area contributed by atoms with Crippen molar-refractivity contribution in [2.45, 2.75) is 32.9 Å². The van der Waals surface area contributed by atoms with Gasteiger partial charge in [0.1, 0.15) is 17.3 Å². The van der Waals surface area contributed by atoms with E-state index >= 15 is 0 Å². The molecular formula is C24H21BrN2O5. The number of nitrogens with zero attached hydrogens (tertiary/aromatic N) is 2. The largest absolute Gasteiger partial charge is 0.507 e. The monoisotopic (exact) mass is 496 g/mol. The lowest BCUT2D eigenvalue weighted by molar-refractivity contribution is -0.132. The van der Waals surface area contributed by atoms with Crippen LogP contribution in [0.3, 0.4) is 0 Å². The van der Waals surface area contributed by atoms with Crippen LogP contribution < -0.4 is 9.64 Å². The number of ketones is 1. The minimum atomic E-state index is -0.862. The first kappa shape index (κ1) is 21.8. The van der Waals surface area contributed by atoms with E-state index in [1.54, 1.807) is 49.4 Å². The van der Waals surface area contributed by atoms with Crippen LogP contribution in [0.5, 0.6) is 5.75 Å². The molecule has 2 aromatic carbocycles. The van der Waals surface area contributed by atoms with Crippen LogP contribution in [0.1, 0.15) is 36.8 Å². The Bertz CT molecular complexity index is 1200. The summed E-state index contributed by atoms with van der Waals surface area (Å²) in [4.78, 5) is 27.3. The third-order valence-corrected chi connectivity index (χ3v) is 5.52. The minimum Gasteiger partial charge on any atom is -0.507 e. The molecule has 1 saturated heterocycles. The highest BCUT2D eigenvalue weighted by Gasteiger charge is 2.48. The molecule has 1 atom stereocenters. The van der Waals surface area contributed by atoms with E-state index in [1.807, 2.05) is 26.0 Å². The number of hydrogen-bond acceptors (Lipinski definition) is 6. The van der Waals surface area contributed by atoms with Gasteiger partial charge >= 0.3 is 5.91 Å². The third-order valence-electron chi connectivity index (χ3n) is 4.99. The number of carbonyl (C=O) groups is 2. The van der Waals surface area contributed by atoms with Crippen molar-refractivity contribution in [1.29, 1.82) is 0 Å². The Morgan fingerprint density at radius 2 is 1.78 bits per heavy atom. The van der Waals surface area contributed by atoms with Crippen LogP contribution in [0, 0.1) is 6.92 Å². The third kappa shape index (κ3) is 4.05. The first-order valence-electron chi connectivity index (χ1n) is 10.0. The summed E-state index contributed by atoms with van der Waals surface area (Å²) in [5.74, 6) is -0.504. The number of ether oxygens (including phenoxy) is 1. The number of Topliss-reactive ketones (excluding diaryl/α,β-unsaturated/α-hetero) is 1. The number of amides is 1. The fraction of sp³-hybridized carbons (Fsp3) is 0.208. The zero-order chi connectivity index (χ0) is 23.0. The highest BCUT2D eigenvalue weighted by Crippen LogP contribution is 2.42. The number of halogens is 1. The van der Waals surface area contributed by atoms with E-state index in [9.17, 15) is 14.7 Å². The van der Waals surface area contributed by atoms with Gasteiger partial charge in [0.05, 0.1) is 17.7 Å². The van der Waals surface area contributed by atoms with Gasteiger partial charge in [-0.05, 0) is 62.7 Å². The van der Waals surface area contributed by atoms with E-state index in [-0.39, 0.29) is 23.3 Å². The predicted molar refractivity (Wildman–Crippen MR) is 122 cm³/mol. The van der Waals surface area contributed by atoms with E-state index in [0.717, 1.165) is 4.47 Å². The summed E-state index contributed by atoms with van der Waals surface area (Å²) in [6.07, 6.45) is 0.00286. The second-order valence-electron chi connectivity index (χ2n) is 7.71. The van der Waals surface area contributed by atoms with Crippen LogP contribution >= 0.6 is 15.9 Å². The van der Waals surface area contributed by atoms with Crippen molar-refractivity contribution >= 4 is 39.2 Å². The second kappa shape index (κ2) is 8.63. The smallest absolute Gasteiger partial charge is 0.301 e. The highest BCUT2D eigenvalue weighted by atomic mass is 79.9. The summed E-state index contributed by atoms with van der Waals surface area (Å²) in [7, 11) is 0. The van der Waals surface area contributed by atoms with E-state index in [0.29, 0.717) is 22.6 Å². The lowest BCUT2D eigenvalue weighted by Gasteiger charge is -2.23. The molecule has 1 aliphatic rings. The molecule has 7 nitrogen and oxygen atoms in total. The molecule has 1 aromatic heterocycles. The van der Waals surface area contributed by atoms with Gasteiger partial charge in [0.15, 0.2) is 5.82 Å². The number of anilines is 1. The summed E-state index contributed by atoms with van der Waals surface area (Å²) >= 11 is 3.40. The number of aliphatic hydroxyl groups excluding tert-OH is 1. The van der Waals surface area contributed by atoms with Crippen molar-refractivity contribution in [3.05, 3.63) is 81.5 Å². The van der Waals surface area contributed by atoms with Crippen LogP contribution in [0.25, 0.3) is 5.76 Å². The van der Waals surface area contributed by atoms with Gasteiger partial charge in [-0.15, -0.1) is 0 Å². The molecule has 2 heterocycles. The van der Waals surface area contributed by atoms with Crippen molar-refractivity contribution in [2.75, 3.05) is 4.90 Å². The molecule has 0 radical (unpaired) electrons. The standard InChI is InChI=1S/C24H21BrN2O5/c1-13(2)31-18-10-6-16(7-11-18)22(28)20-21(15-4-8-17(25)9-5-15)27(24(30)23(20)29)19-12-14(3)32-26-19/h4-13,21,28H,1-3H3. The SMILES string of the molecule is Cc1cc(N2C(=O)C(=O)C(=C(O)c3ccc(OC(C)C)cc3)C2c2ccc(Br)cc2)no1. The minimum absolute atomic E-state index is 0.00286. The Hall–Kier alpha value is -3.39. The van der Waals surface area contributed by atoms with Crippen molar-refractivity contribution < 1.29 is 24.0 Å². The van der Waals surface area contributed by atoms with Gasteiger partial charge in [0.2, 0.25) is 0 Å².